The average molecular weight is 237 g/mol. The van der Waals surface area contributed by atoms with Gasteiger partial charge in [-0.15, -0.1) is 0 Å². The molecule has 1 heterocycles. The molecule has 0 aromatic carbocycles. The van der Waals surface area contributed by atoms with Gasteiger partial charge in [-0.05, 0) is 17.5 Å². The molecule has 0 radical (unpaired) electrons. The van der Waals surface area contributed by atoms with E-state index in [0.29, 0.717) is 11.6 Å². The normalized spacial score (nSPS) is 13.0. The lowest BCUT2D eigenvalue weighted by Gasteiger charge is -2.25. The zero-order valence-electron chi connectivity index (χ0n) is 10.7. The molecule has 0 spiro atoms. The van der Waals surface area contributed by atoms with Crippen LogP contribution >= 0.6 is 0 Å². The first-order chi connectivity index (χ1) is 7.86. The summed E-state index contributed by atoms with van der Waals surface area (Å²) in [7, 11) is 1.50. The predicted molar refractivity (Wildman–Crippen MR) is 66.8 cm³/mol. The molecular weight excluding hydrogens is 218 g/mol. The highest BCUT2D eigenvalue weighted by Crippen LogP contribution is 2.22. The minimum absolute atomic E-state index is 0.246. The van der Waals surface area contributed by atoms with Crippen molar-refractivity contribution in [3.05, 3.63) is 18.3 Å². The minimum atomic E-state index is -0.590. The lowest BCUT2D eigenvalue weighted by Crippen LogP contribution is -2.45. The monoisotopic (exact) mass is 237 g/mol. The Bertz CT molecular complexity index is 399. The van der Waals surface area contributed by atoms with Crippen LogP contribution in [-0.2, 0) is 4.79 Å². The number of methoxy groups -OCH3 is 1. The highest BCUT2D eigenvalue weighted by molar-refractivity contribution is 5.96. The van der Waals surface area contributed by atoms with Crippen LogP contribution in [0.5, 0.6) is 5.88 Å². The van der Waals surface area contributed by atoms with Gasteiger partial charge in [0.25, 0.3) is 0 Å². The van der Waals surface area contributed by atoms with E-state index in [1.165, 1.54) is 7.11 Å². The van der Waals surface area contributed by atoms with E-state index in [4.69, 9.17) is 10.5 Å². The van der Waals surface area contributed by atoms with Crippen molar-refractivity contribution in [1.82, 2.24) is 4.98 Å². The number of hydrogen-bond acceptors (Lipinski definition) is 4. The molecule has 17 heavy (non-hydrogen) atoms. The van der Waals surface area contributed by atoms with Gasteiger partial charge in [0.15, 0.2) is 0 Å². The number of nitrogens with two attached hydrogens (primary N) is 1. The van der Waals surface area contributed by atoms with Gasteiger partial charge in [0.05, 0.1) is 13.2 Å². The molecule has 3 N–H and O–H groups in total. The molecule has 0 aliphatic carbocycles. The largest absolute Gasteiger partial charge is 0.480 e. The number of anilines is 1. The summed E-state index contributed by atoms with van der Waals surface area (Å²) in [5.41, 5.74) is 6.10. The quantitative estimate of drug-likeness (QED) is 0.833. The number of rotatable bonds is 3. The molecule has 1 atom stereocenters. The summed E-state index contributed by atoms with van der Waals surface area (Å²) in [6.07, 6.45) is 1.60. The third kappa shape index (κ3) is 3.42. The van der Waals surface area contributed by atoms with Gasteiger partial charge in [0, 0.05) is 6.20 Å². The number of nitrogens with zero attached hydrogens (tertiary/aromatic N) is 1. The summed E-state index contributed by atoms with van der Waals surface area (Å²) in [4.78, 5) is 15.9. The van der Waals surface area contributed by atoms with E-state index in [2.05, 4.69) is 10.3 Å². The fraction of sp³-hybridized carbons (Fsp3) is 0.500. The standard InChI is InChI=1S/C12H19N3O2/c1-12(2,3)9(13)10(16)15-8-6-5-7-14-11(8)17-4/h5-7,9H,13H2,1-4H3,(H,15,16). The first-order valence-electron chi connectivity index (χ1n) is 5.41. The third-order valence-electron chi connectivity index (χ3n) is 2.44. The summed E-state index contributed by atoms with van der Waals surface area (Å²) in [6.45, 7) is 5.74. The number of aromatic nitrogens is 1. The van der Waals surface area contributed by atoms with Gasteiger partial charge in [-0.1, -0.05) is 20.8 Å². The Hall–Kier alpha value is -1.62. The fourth-order valence-electron chi connectivity index (χ4n) is 1.25. The van der Waals surface area contributed by atoms with Crippen molar-refractivity contribution in [2.75, 3.05) is 12.4 Å². The zero-order valence-corrected chi connectivity index (χ0v) is 10.7. The molecule has 0 aliphatic heterocycles. The Morgan fingerprint density at radius 3 is 2.71 bits per heavy atom. The van der Waals surface area contributed by atoms with Crippen molar-refractivity contribution in [2.24, 2.45) is 11.1 Å². The molecule has 0 fully saturated rings. The highest BCUT2D eigenvalue weighted by atomic mass is 16.5. The Kier molecular flexibility index (Phi) is 4.07. The smallest absolute Gasteiger partial charge is 0.241 e. The molecule has 1 unspecified atom stereocenters. The SMILES string of the molecule is COc1ncccc1NC(=O)C(N)C(C)(C)C. The second-order valence-corrected chi connectivity index (χ2v) is 4.89. The first kappa shape index (κ1) is 13.4. The lowest BCUT2D eigenvalue weighted by atomic mass is 9.87. The van der Waals surface area contributed by atoms with Gasteiger partial charge in [-0.25, -0.2) is 4.98 Å². The summed E-state index contributed by atoms with van der Waals surface area (Å²) in [5.74, 6) is 0.130. The Morgan fingerprint density at radius 2 is 2.18 bits per heavy atom. The molecule has 0 saturated heterocycles. The number of carbonyl (C=O) groups is 1. The predicted octanol–water partition coefficient (Wildman–Crippen LogP) is 1.40. The maximum Gasteiger partial charge on any atom is 0.241 e. The van der Waals surface area contributed by atoms with Crippen molar-refractivity contribution < 1.29 is 9.53 Å². The molecule has 94 valence electrons. The summed E-state index contributed by atoms with van der Waals surface area (Å²) >= 11 is 0. The summed E-state index contributed by atoms with van der Waals surface area (Å²) < 4.78 is 5.04. The number of carbonyl (C=O) groups excluding carboxylic acids is 1. The second kappa shape index (κ2) is 5.14. The number of amides is 1. The van der Waals surface area contributed by atoms with Crippen LogP contribution in [0.4, 0.5) is 5.69 Å². The van der Waals surface area contributed by atoms with Gasteiger partial charge in [-0.2, -0.15) is 0 Å². The van der Waals surface area contributed by atoms with E-state index >= 15 is 0 Å². The maximum absolute atomic E-state index is 11.9. The van der Waals surface area contributed by atoms with E-state index in [1.54, 1.807) is 18.3 Å². The molecule has 1 rings (SSSR count). The molecule has 5 nitrogen and oxygen atoms in total. The molecule has 0 aliphatic rings. The number of pyridine rings is 1. The fourth-order valence-corrected chi connectivity index (χ4v) is 1.25. The van der Waals surface area contributed by atoms with Gasteiger partial charge < -0.3 is 15.8 Å². The van der Waals surface area contributed by atoms with Gasteiger partial charge in [0.1, 0.15) is 5.69 Å². The van der Waals surface area contributed by atoms with Crippen LogP contribution in [0.15, 0.2) is 18.3 Å². The molecule has 5 heteroatoms. The Balaban J connectivity index is 2.81. The molecule has 1 amide bonds. The van der Waals surface area contributed by atoms with Crippen LogP contribution in [-0.4, -0.2) is 24.0 Å². The molecule has 0 bridgehead atoms. The second-order valence-electron chi connectivity index (χ2n) is 4.89. The van der Waals surface area contributed by atoms with Crippen molar-refractivity contribution in [2.45, 2.75) is 26.8 Å². The van der Waals surface area contributed by atoms with Crippen molar-refractivity contribution in [3.8, 4) is 5.88 Å². The topological polar surface area (TPSA) is 77.2 Å². The minimum Gasteiger partial charge on any atom is -0.480 e. The molecule has 1 aromatic heterocycles. The Morgan fingerprint density at radius 1 is 1.53 bits per heavy atom. The average Bonchev–Trinajstić information content (AvgIpc) is 2.27. The summed E-state index contributed by atoms with van der Waals surface area (Å²) in [5, 5.41) is 2.72. The van der Waals surface area contributed by atoms with Crippen LogP contribution in [0.3, 0.4) is 0 Å². The summed E-state index contributed by atoms with van der Waals surface area (Å²) in [6, 6.07) is 2.85. The maximum atomic E-state index is 11.9. The van der Waals surface area contributed by atoms with Crippen LogP contribution in [0, 0.1) is 5.41 Å². The van der Waals surface area contributed by atoms with Gasteiger partial charge in [0.2, 0.25) is 11.8 Å². The van der Waals surface area contributed by atoms with E-state index in [-0.39, 0.29) is 11.3 Å². The van der Waals surface area contributed by atoms with E-state index in [9.17, 15) is 4.79 Å². The third-order valence-corrected chi connectivity index (χ3v) is 2.44. The van der Waals surface area contributed by atoms with Gasteiger partial charge in [-0.3, -0.25) is 4.79 Å². The molecule has 1 aromatic rings. The van der Waals surface area contributed by atoms with Crippen LogP contribution in [0.1, 0.15) is 20.8 Å². The van der Waals surface area contributed by atoms with Crippen LogP contribution < -0.4 is 15.8 Å². The lowest BCUT2D eigenvalue weighted by molar-refractivity contribution is -0.119. The molecule has 0 saturated carbocycles. The highest BCUT2D eigenvalue weighted by Gasteiger charge is 2.27. The first-order valence-corrected chi connectivity index (χ1v) is 5.41. The Labute approximate surface area is 101 Å². The zero-order chi connectivity index (χ0) is 13.1. The van der Waals surface area contributed by atoms with E-state index < -0.39 is 6.04 Å². The molecular formula is C12H19N3O2. The van der Waals surface area contributed by atoms with Crippen LogP contribution in [0.2, 0.25) is 0 Å². The number of ether oxygens (including phenoxy) is 1. The van der Waals surface area contributed by atoms with E-state index in [1.807, 2.05) is 20.8 Å². The number of nitrogens with one attached hydrogen (secondary N) is 1. The van der Waals surface area contributed by atoms with Crippen LogP contribution in [0.25, 0.3) is 0 Å². The van der Waals surface area contributed by atoms with Crippen molar-refractivity contribution >= 4 is 11.6 Å². The van der Waals surface area contributed by atoms with E-state index in [0.717, 1.165) is 0 Å². The van der Waals surface area contributed by atoms with Crippen molar-refractivity contribution in [3.63, 3.8) is 0 Å². The number of hydrogen-bond donors (Lipinski definition) is 2. The van der Waals surface area contributed by atoms with Crippen molar-refractivity contribution in [1.29, 1.82) is 0 Å². The van der Waals surface area contributed by atoms with Gasteiger partial charge >= 0.3 is 0 Å².